The SMILES string of the molecule is O=S(=O)(Nc1ccc(Nc2cc(-n3ccnc3)ncn2)cc1)c1ccc(I)cc1. The number of hydrogen-bond donors (Lipinski definition) is 2. The van der Waals surface area contributed by atoms with Gasteiger partial charge in [0.05, 0.1) is 4.90 Å². The van der Waals surface area contributed by atoms with Crippen molar-refractivity contribution in [2.75, 3.05) is 10.0 Å². The normalized spacial score (nSPS) is 11.2. The Balaban J connectivity index is 1.47. The summed E-state index contributed by atoms with van der Waals surface area (Å²) < 4.78 is 30.3. The number of aromatic nitrogens is 4. The summed E-state index contributed by atoms with van der Waals surface area (Å²) in [5.41, 5.74) is 1.23. The number of nitrogens with zero attached hydrogens (tertiary/aromatic N) is 4. The third-order valence-electron chi connectivity index (χ3n) is 3.96. The molecular weight excluding hydrogens is 503 g/mol. The van der Waals surface area contributed by atoms with Crippen LogP contribution in [0.5, 0.6) is 0 Å². The van der Waals surface area contributed by atoms with Crippen molar-refractivity contribution in [3.8, 4) is 5.82 Å². The number of benzene rings is 2. The summed E-state index contributed by atoms with van der Waals surface area (Å²) in [6, 6.07) is 15.4. The lowest BCUT2D eigenvalue weighted by atomic mass is 10.3. The van der Waals surface area contributed by atoms with Crippen molar-refractivity contribution in [1.82, 2.24) is 19.5 Å². The van der Waals surface area contributed by atoms with Crippen LogP contribution in [0.3, 0.4) is 0 Å². The number of hydrogen-bond acceptors (Lipinski definition) is 6. The molecule has 4 rings (SSSR count). The van der Waals surface area contributed by atoms with Gasteiger partial charge in [0.2, 0.25) is 0 Å². The number of rotatable bonds is 6. The van der Waals surface area contributed by atoms with Crippen molar-refractivity contribution >= 4 is 49.8 Å². The van der Waals surface area contributed by atoms with Gasteiger partial charge >= 0.3 is 0 Å². The van der Waals surface area contributed by atoms with Crippen LogP contribution in [0.15, 0.2) is 84.5 Å². The highest BCUT2D eigenvalue weighted by Crippen LogP contribution is 2.21. The summed E-state index contributed by atoms with van der Waals surface area (Å²) in [6.07, 6.45) is 6.58. The third kappa shape index (κ3) is 4.71. The molecule has 2 aromatic heterocycles. The van der Waals surface area contributed by atoms with Gasteiger partial charge in [-0.05, 0) is 71.1 Å². The van der Waals surface area contributed by atoms with Gasteiger partial charge in [0.15, 0.2) is 0 Å². The quantitative estimate of drug-likeness (QED) is 0.377. The Hall–Kier alpha value is -2.99. The van der Waals surface area contributed by atoms with E-state index >= 15 is 0 Å². The molecule has 0 aliphatic carbocycles. The van der Waals surface area contributed by atoms with E-state index in [2.05, 4.69) is 47.6 Å². The summed E-state index contributed by atoms with van der Waals surface area (Å²) in [4.78, 5) is 12.6. The molecule has 146 valence electrons. The van der Waals surface area contributed by atoms with Crippen LogP contribution in [0.4, 0.5) is 17.2 Å². The van der Waals surface area contributed by atoms with Gasteiger partial charge in [-0.2, -0.15) is 0 Å². The molecule has 0 aliphatic rings. The van der Waals surface area contributed by atoms with Gasteiger partial charge in [-0.15, -0.1) is 0 Å². The predicted molar refractivity (Wildman–Crippen MR) is 119 cm³/mol. The Morgan fingerprint density at radius 2 is 1.66 bits per heavy atom. The van der Waals surface area contributed by atoms with Crippen LogP contribution < -0.4 is 10.0 Å². The van der Waals surface area contributed by atoms with E-state index < -0.39 is 10.0 Å². The second kappa shape index (κ2) is 8.17. The maximum absolute atomic E-state index is 12.5. The minimum atomic E-state index is -3.64. The zero-order valence-corrected chi connectivity index (χ0v) is 17.9. The third-order valence-corrected chi connectivity index (χ3v) is 6.07. The average molecular weight is 518 g/mol. The molecule has 29 heavy (non-hydrogen) atoms. The topological polar surface area (TPSA) is 102 Å². The van der Waals surface area contributed by atoms with Gasteiger partial charge in [0.1, 0.15) is 24.3 Å². The van der Waals surface area contributed by atoms with Crippen molar-refractivity contribution < 1.29 is 8.42 Å². The molecule has 4 aromatic rings. The summed E-state index contributed by atoms with van der Waals surface area (Å²) in [5.74, 6) is 1.29. The highest BCUT2D eigenvalue weighted by molar-refractivity contribution is 14.1. The molecule has 0 aliphatic heterocycles. The molecular formula is C19H15IN6O2S. The molecule has 0 fully saturated rings. The van der Waals surface area contributed by atoms with E-state index in [-0.39, 0.29) is 4.90 Å². The number of nitrogens with one attached hydrogen (secondary N) is 2. The van der Waals surface area contributed by atoms with Gasteiger partial charge in [-0.3, -0.25) is 9.29 Å². The molecule has 2 heterocycles. The first-order valence-electron chi connectivity index (χ1n) is 8.45. The van der Waals surface area contributed by atoms with E-state index in [0.717, 1.165) is 9.26 Å². The van der Waals surface area contributed by atoms with Crippen LogP contribution in [-0.4, -0.2) is 27.9 Å². The molecule has 0 unspecified atom stereocenters. The van der Waals surface area contributed by atoms with Crippen molar-refractivity contribution in [3.05, 3.63) is 83.2 Å². The van der Waals surface area contributed by atoms with E-state index in [4.69, 9.17) is 0 Å². The van der Waals surface area contributed by atoms with Crippen molar-refractivity contribution in [2.24, 2.45) is 0 Å². The zero-order chi connectivity index (χ0) is 20.3. The predicted octanol–water partition coefficient (Wildman–Crippen LogP) is 3.81. The van der Waals surface area contributed by atoms with E-state index in [1.165, 1.54) is 6.33 Å². The minimum Gasteiger partial charge on any atom is -0.340 e. The van der Waals surface area contributed by atoms with E-state index in [1.807, 2.05) is 0 Å². The molecule has 10 heteroatoms. The van der Waals surface area contributed by atoms with E-state index in [0.29, 0.717) is 17.3 Å². The van der Waals surface area contributed by atoms with Crippen molar-refractivity contribution in [3.63, 3.8) is 0 Å². The fourth-order valence-electron chi connectivity index (χ4n) is 2.55. The lowest BCUT2D eigenvalue weighted by Gasteiger charge is -2.10. The van der Waals surface area contributed by atoms with Crippen LogP contribution in [0.2, 0.25) is 0 Å². The Labute approximate surface area is 181 Å². The van der Waals surface area contributed by atoms with E-state index in [1.54, 1.807) is 77.9 Å². The van der Waals surface area contributed by atoms with Gasteiger partial charge in [0.25, 0.3) is 10.0 Å². The molecule has 0 spiro atoms. The summed E-state index contributed by atoms with van der Waals surface area (Å²) in [7, 11) is -3.64. The molecule has 0 saturated carbocycles. The largest absolute Gasteiger partial charge is 0.340 e. The Morgan fingerprint density at radius 3 is 2.34 bits per heavy atom. The Morgan fingerprint density at radius 1 is 0.931 bits per heavy atom. The molecule has 8 nitrogen and oxygen atoms in total. The van der Waals surface area contributed by atoms with Crippen molar-refractivity contribution in [2.45, 2.75) is 4.90 Å². The molecule has 0 saturated heterocycles. The Kier molecular flexibility index (Phi) is 5.45. The van der Waals surface area contributed by atoms with Crippen molar-refractivity contribution in [1.29, 1.82) is 0 Å². The zero-order valence-electron chi connectivity index (χ0n) is 14.9. The van der Waals surface area contributed by atoms with Gasteiger partial charge < -0.3 is 5.32 Å². The first-order chi connectivity index (χ1) is 14.0. The highest BCUT2D eigenvalue weighted by atomic mass is 127. The van der Waals surface area contributed by atoms with Gasteiger partial charge in [-0.1, -0.05) is 0 Å². The number of sulfonamides is 1. The van der Waals surface area contributed by atoms with Gasteiger partial charge in [-0.25, -0.2) is 23.4 Å². The van der Waals surface area contributed by atoms with Crippen LogP contribution >= 0.6 is 22.6 Å². The van der Waals surface area contributed by atoms with Crippen LogP contribution in [0.1, 0.15) is 0 Å². The standard InChI is InChI=1S/C19H15IN6O2S/c20-14-1-7-17(8-2-14)29(27,28)25-16-5-3-15(4-6-16)24-18-11-19(23-12-22-18)26-10-9-21-13-26/h1-13,25H,(H,22,23,24). The fraction of sp³-hybridized carbons (Fsp3) is 0. The maximum Gasteiger partial charge on any atom is 0.261 e. The first kappa shape index (κ1) is 19.3. The van der Waals surface area contributed by atoms with Crippen LogP contribution in [0.25, 0.3) is 5.82 Å². The average Bonchev–Trinajstić information content (AvgIpc) is 3.25. The first-order valence-corrected chi connectivity index (χ1v) is 11.0. The smallest absolute Gasteiger partial charge is 0.261 e. The highest BCUT2D eigenvalue weighted by Gasteiger charge is 2.13. The number of anilines is 3. The molecule has 0 atom stereocenters. The summed E-state index contributed by atoms with van der Waals surface area (Å²) in [5, 5.41) is 3.17. The second-order valence-electron chi connectivity index (χ2n) is 5.99. The van der Waals surface area contributed by atoms with Crippen LogP contribution in [-0.2, 0) is 10.0 Å². The molecule has 2 N–H and O–H groups in total. The summed E-state index contributed by atoms with van der Waals surface area (Å²) >= 11 is 2.13. The maximum atomic E-state index is 12.5. The molecule has 0 radical (unpaired) electrons. The number of imidazole rings is 1. The molecule has 0 amide bonds. The molecule has 2 aromatic carbocycles. The summed E-state index contributed by atoms with van der Waals surface area (Å²) in [6.45, 7) is 0. The number of halogens is 1. The van der Waals surface area contributed by atoms with Gasteiger partial charge in [0, 0.05) is 33.4 Å². The lowest BCUT2D eigenvalue weighted by molar-refractivity contribution is 0.601. The monoisotopic (exact) mass is 518 g/mol. The Bertz CT molecular complexity index is 1210. The molecule has 0 bridgehead atoms. The fourth-order valence-corrected chi connectivity index (χ4v) is 3.97. The second-order valence-corrected chi connectivity index (χ2v) is 8.92. The van der Waals surface area contributed by atoms with Crippen LogP contribution in [0, 0.1) is 3.57 Å². The lowest BCUT2D eigenvalue weighted by Crippen LogP contribution is -2.12. The van der Waals surface area contributed by atoms with E-state index in [9.17, 15) is 8.42 Å². The minimum absolute atomic E-state index is 0.216.